The summed E-state index contributed by atoms with van der Waals surface area (Å²) in [5, 5.41) is 3.13. The van der Waals surface area contributed by atoms with Gasteiger partial charge in [0, 0.05) is 17.1 Å². The molecule has 2 N–H and O–H groups in total. The molecule has 17 heavy (non-hydrogen) atoms. The summed E-state index contributed by atoms with van der Waals surface area (Å²) in [4.78, 5) is 0.324. The van der Waals surface area contributed by atoms with Gasteiger partial charge in [-0.15, -0.1) is 0 Å². The molecular formula is C11H15BrN2O2S. The van der Waals surface area contributed by atoms with Crippen LogP contribution in [0.15, 0.2) is 27.6 Å². The van der Waals surface area contributed by atoms with Crippen LogP contribution in [0.25, 0.3) is 0 Å². The average Bonchev–Trinajstić information content (AvgIpc) is 2.73. The van der Waals surface area contributed by atoms with Crippen LogP contribution in [0.1, 0.15) is 12.0 Å². The van der Waals surface area contributed by atoms with Crippen LogP contribution in [0, 0.1) is 6.92 Å². The van der Waals surface area contributed by atoms with E-state index in [1.807, 2.05) is 6.92 Å². The van der Waals surface area contributed by atoms with E-state index in [-0.39, 0.29) is 6.04 Å². The van der Waals surface area contributed by atoms with Crippen LogP contribution in [0.4, 0.5) is 0 Å². The lowest BCUT2D eigenvalue weighted by atomic mass is 10.2. The van der Waals surface area contributed by atoms with Crippen LogP contribution in [0.3, 0.4) is 0 Å². The van der Waals surface area contributed by atoms with Crippen LogP contribution < -0.4 is 10.0 Å². The summed E-state index contributed by atoms with van der Waals surface area (Å²) in [6.07, 6.45) is 0.842. The summed E-state index contributed by atoms with van der Waals surface area (Å²) < 4.78 is 27.8. The maximum atomic E-state index is 12.1. The Morgan fingerprint density at radius 3 is 2.82 bits per heavy atom. The van der Waals surface area contributed by atoms with Crippen molar-refractivity contribution in [2.24, 2.45) is 0 Å². The van der Waals surface area contributed by atoms with Gasteiger partial charge < -0.3 is 5.32 Å². The zero-order valence-electron chi connectivity index (χ0n) is 9.53. The highest BCUT2D eigenvalue weighted by atomic mass is 79.9. The lowest BCUT2D eigenvalue weighted by Gasteiger charge is -2.12. The Hall–Kier alpha value is -0.430. The van der Waals surface area contributed by atoms with E-state index in [0.29, 0.717) is 11.4 Å². The van der Waals surface area contributed by atoms with Gasteiger partial charge in [0.25, 0.3) is 0 Å². The third-order valence-electron chi connectivity index (χ3n) is 2.82. The van der Waals surface area contributed by atoms with E-state index in [1.165, 1.54) is 0 Å². The SMILES string of the molecule is Cc1cc(S(=O)(=O)N[C@H]2CCNC2)ccc1Br. The van der Waals surface area contributed by atoms with Crippen LogP contribution >= 0.6 is 15.9 Å². The molecule has 0 spiro atoms. The lowest BCUT2D eigenvalue weighted by molar-refractivity contribution is 0.560. The lowest BCUT2D eigenvalue weighted by Crippen LogP contribution is -2.36. The molecule has 6 heteroatoms. The van der Waals surface area contributed by atoms with E-state index in [0.717, 1.165) is 23.0 Å². The van der Waals surface area contributed by atoms with Crippen molar-refractivity contribution in [2.45, 2.75) is 24.3 Å². The minimum atomic E-state index is -3.39. The molecule has 1 heterocycles. The molecule has 1 saturated heterocycles. The van der Waals surface area contributed by atoms with Crippen LogP contribution in [0.5, 0.6) is 0 Å². The minimum Gasteiger partial charge on any atom is -0.315 e. The van der Waals surface area contributed by atoms with Crippen molar-refractivity contribution in [2.75, 3.05) is 13.1 Å². The summed E-state index contributed by atoms with van der Waals surface area (Å²) in [5.41, 5.74) is 0.914. The fraction of sp³-hybridized carbons (Fsp3) is 0.455. The standard InChI is InChI=1S/C11H15BrN2O2S/c1-8-6-10(2-3-11(8)12)17(15,16)14-9-4-5-13-7-9/h2-3,6,9,13-14H,4-5,7H2,1H3/t9-/m0/s1. The van der Waals surface area contributed by atoms with Gasteiger partial charge in [0.05, 0.1) is 4.90 Å². The molecule has 0 amide bonds. The number of rotatable bonds is 3. The Morgan fingerprint density at radius 1 is 1.47 bits per heavy atom. The second-order valence-corrected chi connectivity index (χ2v) is 6.79. The summed E-state index contributed by atoms with van der Waals surface area (Å²) in [7, 11) is -3.39. The molecule has 0 radical (unpaired) electrons. The molecule has 4 nitrogen and oxygen atoms in total. The predicted molar refractivity (Wildman–Crippen MR) is 70.5 cm³/mol. The number of halogens is 1. The number of sulfonamides is 1. The van der Waals surface area contributed by atoms with E-state index in [9.17, 15) is 8.42 Å². The topological polar surface area (TPSA) is 58.2 Å². The van der Waals surface area contributed by atoms with Gasteiger partial charge in [-0.25, -0.2) is 13.1 Å². The normalized spacial score (nSPS) is 20.7. The maximum absolute atomic E-state index is 12.1. The number of benzene rings is 1. The predicted octanol–water partition coefficient (Wildman–Crippen LogP) is 1.40. The van der Waals surface area contributed by atoms with Crippen molar-refractivity contribution in [1.29, 1.82) is 0 Å². The van der Waals surface area contributed by atoms with Crippen molar-refractivity contribution < 1.29 is 8.42 Å². The summed E-state index contributed by atoms with van der Waals surface area (Å²) in [6, 6.07) is 5.05. The average molecular weight is 319 g/mol. The molecule has 1 aliphatic heterocycles. The van der Waals surface area contributed by atoms with E-state index in [4.69, 9.17) is 0 Å². The molecule has 2 rings (SSSR count). The summed E-state index contributed by atoms with van der Waals surface area (Å²) >= 11 is 3.36. The van der Waals surface area contributed by atoms with Crippen LogP contribution in [0.2, 0.25) is 0 Å². The van der Waals surface area contributed by atoms with Gasteiger partial charge in [-0.1, -0.05) is 15.9 Å². The van der Waals surface area contributed by atoms with Crippen LogP contribution in [-0.2, 0) is 10.0 Å². The molecule has 1 aromatic rings. The highest BCUT2D eigenvalue weighted by molar-refractivity contribution is 9.10. The van der Waals surface area contributed by atoms with Crippen LogP contribution in [-0.4, -0.2) is 27.5 Å². The third kappa shape index (κ3) is 3.07. The Morgan fingerprint density at radius 2 is 2.24 bits per heavy atom. The van der Waals surface area contributed by atoms with E-state index in [2.05, 4.69) is 26.0 Å². The van der Waals surface area contributed by atoms with Gasteiger partial charge in [-0.05, 0) is 43.7 Å². The summed E-state index contributed by atoms with van der Waals surface area (Å²) in [6.45, 7) is 3.45. The van der Waals surface area contributed by atoms with E-state index < -0.39 is 10.0 Å². The number of hydrogen-bond acceptors (Lipinski definition) is 3. The molecule has 0 bridgehead atoms. The Bertz CT molecular complexity index is 510. The Balaban J connectivity index is 2.21. The molecule has 0 unspecified atom stereocenters. The van der Waals surface area contributed by atoms with Gasteiger partial charge in [0.15, 0.2) is 0 Å². The Labute approximate surface area is 110 Å². The second kappa shape index (κ2) is 5.06. The fourth-order valence-corrected chi connectivity index (χ4v) is 3.43. The van der Waals surface area contributed by atoms with Crippen molar-refractivity contribution in [3.8, 4) is 0 Å². The van der Waals surface area contributed by atoms with Gasteiger partial charge in [-0.2, -0.15) is 0 Å². The minimum absolute atomic E-state index is 0.00366. The molecule has 0 saturated carbocycles. The quantitative estimate of drug-likeness (QED) is 0.885. The molecule has 1 fully saturated rings. The van der Waals surface area contributed by atoms with Crippen molar-refractivity contribution in [1.82, 2.24) is 10.0 Å². The first-order valence-corrected chi connectivity index (χ1v) is 7.76. The zero-order chi connectivity index (χ0) is 12.5. The Kier molecular flexibility index (Phi) is 3.87. The van der Waals surface area contributed by atoms with Crippen molar-refractivity contribution in [3.63, 3.8) is 0 Å². The number of hydrogen-bond donors (Lipinski definition) is 2. The molecular weight excluding hydrogens is 304 g/mol. The third-order valence-corrected chi connectivity index (χ3v) is 5.23. The molecule has 0 aromatic heterocycles. The van der Waals surface area contributed by atoms with Gasteiger partial charge in [0.1, 0.15) is 0 Å². The maximum Gasteiger partial charge on any atom is 0.240 e. The monoisotopic (exact) mass is 318 g/mol. The highest BCUT2D eigenvalue weighted by Gasteiger charge is 2.22. The first-order valence-electron chi connectivity index (χ1n) is 5.48. The molecule has 1 atom stereocenters. The number of aryl methyl sites for hydroxylation is 1. The first kappa shape index (κ1) is 13.0. The molecule has 0 aliphatic carbocycles. The van der Waals surface area contributed by atoms with Gasteiger partial charge >= 0.3 is 0 Å². The van der Waals surface area contributed by atoms with Crippen molar-refractivity contribution >= 4 is 26.0 Å². The molecule has 1 aromatic carbocycles. The fourth-order valence-electron chi connectivity index (χ4n) is 1.83. The first-order chi connectivity index (χ1) is 7.99. The second-order valence-electron chi connectivity index (χ2n) is 4.22. The van der Waals surface area contributed by atoms with E-state index >= 15 is 0 Å². The van der Waals surface area contributed by atoms with Gasteiger partial charge in [-0.3, -0.25) is 0 Å². The largest absolute Gasteiger partial charge is 0.315 e. The molecule has 94 valence electrons. The highest BCUT2D eigenvalue weighted by Crippen LogP contribution is 2.20. The molecule has 1 aliphatic rings. The number of nitrogens with one attached hydrogen (secondary N) is 2. The van der Waals surface area contributed by atoms with Crippen molar-refractivity contribution in [3.05, 3.63) is 28.2 Å². The smallest absolute Gasteiger partial charge is 0.240 e. The van der Waals surface area contributed by atoms with E-state index in [1.54, 1.807) is 18.2 Å². The van der Waals surface area contributed by atoms with Gasteiger partial charge in [0.2, 0.25) is 10.0 Å². The zero-order valence-corrected chi connectivity index (χ0v) is 11.9. The summed E-state index contributed by atoms with van der Waals surface area (Å²) in [5.74, 6) is 0.